The molecule has 0 bridgehead atoms. The maximum Gasteiger partial charge on any atom is 0.416 e. The number of nitrogens with one attached hydrogen (secondary N) is 2. The van der Waals surface area contributed by atoms with Crippen LogP contribution in [0.3, 0.4) is 0 Å². The van der Waals surface area contributed by atoms with Gasteiger partial charge in [0.25, 0.3) is 0 Å². The average Bonchev–Trinajstić information content (AvgIpc) is 2.92. The van der Waals surface area contributed by atoms with Gasteiger partial charge in [0, 0.05) is 51.2 Å². The van der Waals surface area contributed by atoms with Gasteiger partial charge in [0.2, 0.25) is 5.91 Å². The summed E-state index contributed by atoms with van der Waals surface area (Å²) in [4.78, 5) is 15.8. The predicted molar refractivity (Wildman–Crippen MR) is 138 cm³/mol. The van der Waals surface area contributed by atoms with E-state index in [0.29, 0.717) is 12.1 Å². The molecule has 0 aromatic heterocycles. The number of halogens is 7. The van der Waals surface area contributed by atoms with Crippen LogP contribution in [0.2, 0.25) is 0 Å². The van der Waals surface area contributed by atoms with Crippen LogP contribution in [-0.4, -0.2) is 61.5 Å². The lowest BCUT2D eigenvalue weighted by molar-refractivity contribution is -0.143. The average molecular weight is 577 g/mol. The van der Waals surface area contributed by atoms with E-state index in [0.717, 1.165) is 63.3 Å². The van der Waals surface area contributed by atoms with E-state index in [1.54, 1.807) is 6.92 Å². The lowest BCUT2D eigenvalue weighted by atomic mass is 9.92. The SMILES string of the molecule is CC(=O)N1CCN([C@H]2CCN[C@@H](c3ccc(F)cc3)C2)CC1.CN[C@H](C)c1cc(C(F)(F)F)cc(C(F)(F)F)c1. The molecule has 0 radical (unpaired) electrons. The fourth-order valence-corrected chi connectivity index (χ4v) is 4.98. The summed E-state index contributed by atoms with van der Waals surface area (Å²) in [6.45, 7) is 7.70. The summed E-state index contributed by atoms with van der Waals surface area (Å²) < 4.78 is 88.2. The summed E-state index contributed by atoms with van der Waals surface area (Å²) in [5.41, 5.74) is -1.49. The molecule has 2 fully saturated rings. The van der Waals surface area contributed by atoms with Crippen LogP contribution < -0.4 is 10.6 Å². The van der Waals surface area contributed by atoms with Crippen molar-refractivity contribution in [1.29, 1.82) is 0 Å². The molecule has 2 N–H and O–H groups in total. The highest BCUT2D eigenvalue weighted by atomic mass is 19.4. The van der Waals surface area contributed by atoms with Crippen LogP contribution in [0.25, 0.3) is 0 Å². The Morgan fingerprint density at radius 2 is 1.50 bits per heavy atom. The fourth-order valence-electron chi connectivity index (χ4n) is 4.98. The van der Waals surface area contributed by atoms with Crippen LogP contribution in [0.4, 0.5) is 30.7 Å². The van der Waals surface area contributed by atoms with Crippen LogP contribution in [0.5, 0.6) is 0 Å². The van der Waals surface area contributed by atoms with Crippen molar-refractivity contribution in [3.8, 4) is 0 Å². The van der Waals surface area contributed by atoms with Gasteiger partial charge in [0.15, 0.2) is 0 Å². The van der Waals surface area contributed by atoms with Gasteiger partial charge in [0.05, 0.1) is 11.1 Å². The third kappa shape index (κ3) is 8.65. The summed E-state index contributed by atoms with van der Waals surface area (Å²) in [6.07, 6.45) is -7.42. The standard InChI is InChI=1S/C17H24FN3O.C11H11F6N/c1-13(22)20-8-10-21(11-9-20)16-6-7-19-17(12-16)14-2-4-15(18)5-3-14;1-6(18-2)7-3-8(10(12,13)14)5-9(4-7)11(15,16)17/h2-5,16-17,19H,6-12H2,1H3;3-6,18H,1-2H3/t16-,17+;6-/m01/s1. The van der Waals surface area contributed by atoms with Crippen molar-refractivity contribution in [1.82, 2.24) is 20.4 Å². The quantitative estimate of drug-likeness (QED) is 0.453. The van der Waals surface area contributed by atoms with Crippen molar-refractivity contribution in [3.63, 3.8) is 0 Å². The molecular formula is C28H35F7N4O. The fraction of sp³-hybridized carbons (Fsp3) is 0.536. The van der Waals surface area contributed by atoms with Crippen LogP contribution in [-0.2, 0) is 17.1 Å². The monoisotopic (exact) mass is 576 g/mol. The first kappa shape index (κ1) is 31.8. The topological polar surface area (TPSA) is 47.6 Å². The molecule has 1 amide bonds. The number of benzene rings is 2. The van der Waals surface area contributed by atoms with E-state index in [-0.39, 0.29) is 23.4 Å². The van der Waals surface area contributed by atoms with E-state index >= 15 is 0 Å². The first-order chi connectivity index (χ1) is 18.7. The highest BCUT2D eigenvalue weighted by Gasteiger charge is 2.37. The van der Waals surface area contributed by atoms with E-state index < -0.39 is 29.5 Å². The van der Waals surface area contributed by atoms with Crippen LogP contribution in [0.1, 0.15) is 61.0 Å². The van der Waals surface area contributed by atoms with Crippen molar-refractivity contribution < 1.29 is 35.5 Å². The smallest absolute Gasteiger partial charge is 0.340 e. The van der Waals surface area contributed by atoms with Gasteiger partial charge in [-0.1, -0.05) is 12.1 Å². The maximum atomic E-state index is 13.1. The Hall–Kier alpha value is -2.70. The number of alkyl halides is 6. The zero-order valence-electron chi connectivity index (χ0n) is 22.7. The summed E-state index contributed by atoms with van der Waals surface area (Å²) in [7, 11) is 1.46. The second-order valence-electron chi connectivity index (χ2n) is 10.1. The number of carbonyl (C=O) groups is 1. The molecule has 2 aliphatic heterocycles. The molecule has 2 aromatic carbocycles. The second kappa shape index (κ2) is 13.3. The molecule has 0 aliphatic carbocycles. The molecule has 3 atom stereocenters. The van der Waals surface area contributed by atoms with Crippen LogP contribution >= 0.6 is 0 Å². The summed E-state index contributed by atoms with van der Waals surface area (Å²) in [5, 5.41) is 6.14. The van der Waals surface area contributed by atoms with Gasteiger partial charge in [-0.3, -0.25) is 9.69 Å². The molecule has 2 heterocycles. The summed E-state index contributed by atoms with van der Waals surface area (Å²) >= 11 is 0. The molecule has 2 aromatic rings. The Kier molecular flexibility index (Phi) is 10.6. The number of hydrogen-bond acceptors (Lipinski definition) is 4. The van der Waals surface area contributed by atoms with Gasteiger partial charge >= 0.3 is 12.4 Å². The Balaban J connectivity index is 0.000000226. The first-order valence-corrected chi connectivity index (χ1v) is 13.1. The lowest BCUT2D eigenvalue weighted by Gasteiger charge is -2.42. The maximum absolute atomic E-state index is 13.1. The molecule has 0 spiro atoms. The highest BCUT2D eigenvalue weighted by molar-refractivity contribution is 5.73. The minimum absolute atomic E-state index is 0.0559. The van der Waals surface area contributed by atoms with Gasteiger partial charge in [-0.05, 0) is 74.8 Å². The lowest BCUT2D eigenvalue weighted by Crippen LogP contribution is -2.54. The number of rotatable bonds is 4. The Bertz CT molecular complexity index is 1080. The van der Waals surface area contributed by atoms with E-state index in [2.05, 4.69) is 15.5 Å². The van der Waals surface area contributed by atoms with Crippen molar-refractivity contribution in [3.05, 3.63) is 70.5 Å². The van der Waals surface area contributed by atoms with Crippen LogP contribution in [0, 0.1) is 5.82 Å². The van der Waals surface area contributed by atoms with Gasteiger partial charge in [-0.2, -0.15) is 26.3 Å². The Labute approximate surface area is 229 Å². The van der Waals surface area contributed by atoms with E-state index in [1.165, 1.54) is 26.1 Å². The zero-order valence-corrected chi connectivity index (χ0v) is 22.7. The van der Waals surface area contributed by atoms with Crippen molar-refractivity contribution >= 4 is 5.91 Å². The normalized spacial score (nSPS) is 21.4. The number of nitrogens with zero attached hydrogens (tertiary/aromatic N) is 2. The number of hydrogen-bond donors (Lipinski definition) is 2. The van der Waals surface area contributed by atoms with Gasteiger partial charge in [0.1, 0.15) is 5.82 Å². The first-order valence-electron chi connectivity index (χ1n) is 13.1. The van der Waals surface area contributed by atoms with Gasteiger partial charge in [-0.15, -0.1) is 0 Å². The molecule has 2 saturated heterocycles. The molecular weight excluding hydrogens is 541 g/mol. The van der Waals surface area contributed by atoms with E-state index in [1.807, 2.05) is 17.0 Å². The third-order valence-electron chi connectivity index (χ3n) is 7.47. The molecule has 4 rings (SSSR count). The number of piperazine rings is 1. The Morgan fingerprint density at radius 3 is 1.98 bits per heavy atom. The van der Waals surface area contributed by atoms with E-state index in [9.17, 15) is 35.5 Å². The van der Waals surface area contributed by atoms with Crippen molar-refractivity contribution in [2.45, 2.75) is 57.2 Å². The largest absolute Gasteiger partial charge is 0.416 e. The van der Waals surface area contributed by atoms with Gasteiger partial charge < -0.3 is 15.5 Å². The zero-order chi connectivity index (χ0) is 29.7. The van der Waals surface area contributed by atoms with Gasteiger partial charge in [-0.25, -0.2) is 4.39 Å². The molecule has 222 valence electrons. The van der Waals surface area contributed by atoms with E-state index in [4.69, 9.17) is 0 Å². The molecule has 40 heavy (non-hydrogen) atoms. The molecule has 2 aliphatic rings. The molecule has 0 saturated carbocycles. The molecule has 0 unspecified atom stereocenters. The highest BCUT2D eigenvalue weighted by Crippen LogP contribution is 2.37. The number of piperidine rings is 1. The molecule has 12 heteroatoms. The molecule has 5 nitrogen and oxygen atoms in total. The second-order valence-corrected chi connectivity index (χ2v) is 10.1. The minimum Gasteiger partial charge on any atom is -0.340 e. The minimum atomic E-state index is -4.80. The van der Waals surface area contributed by atoms with Crippen molar-refractivity contribution in [2.75, 3.05) is 39.8 Å². The Morgan fingerprint density at radius 1 is 0.950 bits per heavy atom. The summed E-state index contributed by atoms with van der Waals surface area (Å²) in [5.74, 6) is -0.00869. The third-order valence-corrected chi connectivity index (χ3v) is 7.47. The van der Waals surface area contributed by atoms with Crippen molar-refractivity contribution in [2.24, 2.45) is 0 Å². The predicted octanol–water partition coefficient (Wildman–Crippen LogP) is 5.79. The number of carbonyl (C=O) groups excluding carboxylic acids is 1. The number of amides is 1. The van der Waals surface area contributed by atoms with Crippen LogP contribution in [0.15, 0.2) is 42.5 Å². The summed E-state index contributed by atoms with van der Waals surface area (Å²) in [6, 6.07) is 8.62.